The standard InChI is InChI=1S/C8H15NO2/c1-5-3-4-6(2)9-7(5)8(10)11/h5-7,9H,3-4H2,1-2H3,(H,10,11). The molecule has 1 aliphatic rings. The van der Waals surface area contributed by atoms with Crippen molar-refractivity contribution in [3.8, 4) is 0 Å². The first-order valence-electron chi connectivity index (χ1n) is 4.10. The lowest BCUT2D eigenvalue weighted by atomic mass is 9.89. The predicted octanol–water partition coefficient (Wildman–Crippen LogP) is 0.848. The van der Waals surface area contributed by atoms with Gasteiger partial charge in [0, 0.05) is 6.04 Å². The molecule has 0 amide bonds. The summed E-state index contributed by atoms with van der Waals surface area (Å²) in [6, 6.07) is 0.0195. The third-order valence-corrected chi connectivity index (χ3v) is 2.35. The van der Waals surface area contributed by atoms with Gasteiger partial charge in [-0.1, -0.05) is 6.92 Å². The summed E-state index contributed by atoms with van der Waals surface area (Å²) in [5, 5.41) is 11.8. The van der Waals surface area contributed by atoms with E-state index in [1.807, 2.05) is 13.8 Å². The van der Waals surface area contributed by atoms with Crippen LogP contribution >= 0.6 is 0 Å². The summed E-state index contributed by atoms with van der Waals surface area (Å²) in [5.74, 6) is -0.451. The van der Waals surface area contributed by atoms with Gasteiger partial charge in [-0.15, -0.1) is 0 Å². The minimum Gasteiger partial charge on any atom is -0.480 e. The molecule has 64 valence electrons. The molecule has 1 heterocycles. The van der Waals surface area contributed by atoms with Crippen LogP contribution in [0.5, 0.6) is 0 Å². The van der Waals surface area contributed by atoms with Crippen LogP contribution in [0, 0.1) is 5.92 Å². The van der Waals surface area contributed by atoms with Crippen LogP contribution in [0.3, 0.4) is 0 Å². The highest BCUT2D eigenvalue weighted by Gasteiger charge is 2.29. The van der Waals surface area contributed by atoms with Crippen molar-refractivity contribution in [3.63, 3.8) is 0 Å². The predicted molar refractivity (Wildman–Crippen MR) is 42.4 cm³/mol. The van der Waals surface area contributed by atoms with E-state index >= 15 is 0 Å². The maximum atomic E-state index is 10.6. The Morgan fingerprint density at radius 3 is 2.55 bits per heavy atom. The molecule has 3 unspecified atom stereocenters. The van der Waals surface area contributed by atoms with Gasteiger partial charge in [-0.2, -0.15) is 0 Å². The van der Waals surface area contributed by atoms with E-state index < -0.39 is 5.97 Å². The lowest BCUT2D eigenvalue weighted by Gasteiger charge is -2.31. The zero-order valence-electron chi connectivity index (χ0n) is 7.00. The van der Waals surface area contributed by atoms with Crippen molar-refractivity contribution in [1.29, 1.82) is 0 Å². The molecule has 0 bridgehead atoms. The van der Waals surface area contributed by atoms with Crippen molar-refractivity contribution in [3.05, 3.63) is 0 Å². The number of nitrogens with one attached hydrogen (secondary N) is 1. The van der Waals surface area contributed by atoms with Crippen molar-refractivity contribution in [2.24, 2.45) is 5.92 Å². The minimum absolute atomic E-state index is 0.267. The van der Waals surface area contributed by atoms with Crippen LogP contribution in [0.25, 0.3) is 0 Å². The molecular weight excluding hydrogens is 142 g/mol. The normalized spacial score (nSPS) is 38.5. The van der Waals surface area contributed by atoms with E-state index in [1.54, 1.807) is 0 Å². The Labute approximate surface area is 66.8 Å². The molecule has 0 aromatic rings. The molecule has 1 rings (SSSR count). The number of carboxylic acids is 1. The van der Waals surface area contributed by atoms with E-state index in [2.05, 4.69) is 5.32 Å². The van der Waals surface area contributed by atoms with Gasteiger partial charge in [-0.05, 0) is 25.7 Å². The van der Waals surface area contributed by atoms with Crippen molar-refractivity contribution >= 4 is 5.97 Å². The van der Waals surface area contributed by atoms with Crippen LogP contribution in [-0.4, -0.2) is 23.2 Å². The summed E-state index contributed by atoms with van der Waals surface area (Å²) in [5.41, 5.74) is 0. The molecule has 0 aliphatic carbocycles. The molecule has 3 nitrogen and oxygen atoms in total. The zero-order chi connectivity index (χ0) is 8.43. The van der Waals surface area contributed by atoms with Gasteiger partial charge >= 0.3 is 5.97 Å². The number of carbonyl (C=O) groups is 1. The number of hydrogen-bond acceptors (Lipinski definition) is 2. The highest BCUT2D eigenvalue weighted by molar-refractivity contribution is 5.74. The molecule has 0 radical (unpaired) electrons. The van der Waals surface area contributed by atoms with Crippen LogP contribution < -0.4 is 5.32 Å². The van der Waals surface area contributed by atoms with Gasteiger partial charge in [0.05, 0.1) is 0 Å². The molecule has 3 atom stereocenters. The minimum atomic E-state index is -0.718. The second kappa shape index (κ2) is 3.22. The summed E-state index contributed by atoms with van der Waals surface area (Å²) < 4.78 is 0. The molecular formula is C8H15NO2. The van der Waals surface area contributed by atoms with E-state index in [0.29, 0.717) is 6.04 Å². The molecule has 0 spiro atoms. The van der Waals surface area contributed by atoms with E-state index in [-0.39, 0.29) is 12.0 Å². The lowest BCUT2D eigenvalue weighted by molar-refractivity contribution is -0.141. The number of carboxylic acid groups (broad SMARTS) is 1. The quantitative estimate of drug-likeness (QED) is 0.593. The van der Waals surface area contributed by atoms with Gasteiger partial charge in [0.2, 0.25) is 0 Å². The van der Waals surface area contributed by atoms with Gasteiger partial charge in [0.25, 0.3) is 0 Å². The Bertz CT molecular complexity index is 158. The molecule has 1 fully saturated rings. The summed E-state index contributed by atoms with van der Waals surface area (Å²) >= 11 is 0. The average molecular weight is 157 g/mol. The number of rotatable bonds is 1. The Morgan fingerprint density at radius 1 is 1.45 bits per heavy atom. The van der Waals surface area contributed by atoms with Gasteiger partial charge < -0.3 is 10.4 Å². The molecule has 0 saturated carbocycles. The van der Waals surface area contributed by atoms with Crippen molar-refractivity contribution in [2.75, 3.05) is 0 Å². The average Bonchev–Trinajstić information content (AvgIpc) is 1.94. The zero-order valence-corrected chi connectivity index (χ0v) is 7.00. The summed E-state index contributed by atoms with van der Waals surface area (Å²) in [4.78, 5) is 10.6. The monoisotopic (exact) mass is 157 g/mol. The van der Waals surface area contributed by atoms with Crippen LogP contribution in [0.1, 0.15) is 26.7 Å². The maximum Gasteiger partial charge on any atom is 0.320 e. The summed E-state index contributed by atoms with van der Waals surface area (Å²) in [6.45, 7) is 4.01. The van der Waals surface area contributed by atoms with E-state index in [4.69, 9.17) is 5.11 Å². The second-order valence-electron chi connectivity index (χ2n) is 3.44. The van der Waals surface area contributed by atoms with E-state index in [1.165, 1.54) is 0 Å². The lowest BCUT2D eigenvalue weighted by Crippen LogP contribution is -2.49. The topological polar surface area (TPSA) is 49.3 Å². The number of aliphatic carboxylic acids is 1. The fourth-order valence-electron chi connectivity index (χ4n) is 1.55. The largest absolute Gasteiger partial charge is 0.480 e. The maximum absolute atomic E-state index is 10.6. The third kappa shape index (κ3) is 1.93. The number of piperidine rings is 1. The Balaban J connectivity index is 2.54. The van der Waals surface area contributed by atoms with Gasteiger partial charge in [0.15, 0.2) is 0 Å². The molecule has 3 heteroatoms. The van der Waals surface area contributed by atoms with E-state index in [9.17, 15) is 4.79 Å². The Morgan fingerprint density at radius 2 is 2.09 bits per heavy atom. The number of hydrogen-bond donors (Lipinski definition) is 2. The second-order valence-corrected chi connectivity index (χ2v) is 3.44. The van der Waals surface area contributed by atoms with E-state index in [0.717, 1.165) is 12.8 Å². The van der Waals surface area contributed by atoms with Crippen LogP contribution in [0.4, 0.5) is 0 Å². The van der Waals surface area contributed by atoms with Crippen molar-refractivity contribution in [1.82, 2.24) is 5.32 Å². The Hall–Kier alpha value is -0.570. The molecule has 0 aromatic heterocycles. The van der Waals surface area contributed by atoms with Gasteiger partial charge in [0.1, 0.15) is 6.04 Å². The third-order valence-electron chi connectivity index (χ3n) is 2.35. The molecule has 1 saturated heterocycles. The van der Waals surface area contributed by atoms with Crippen LogP contribution in [0.2, 0.25) is 0 Å². The van der Waals surface area contributed by atoms with Gasteiger partial charge in [-0.3, -0.25) is 4.79 Å². The molecule has 2 N–H and O–H groups in total. The highest BCUT2D eigenvalue weighted by Crippen LogP contribution is 2.18. The fourth-order valence-corrected chi connectivity index (χ4v) is 1.55. The first-order chi connectivity index (χ1) is 5.11. The smallest absolute Gasteiger partial charge is 0.320 e. The highest BCUT2D eigenvalue weighted by atomic mass is 16.4. The first-order valence-corrected chi connectivity index (χ1v) is 4.10. The van der Waals surface area contributed by atoms with Crippen LogP contribution in [-0.2, 0) is 4.79 Å². The Kier molecular flexibility index (Phi) is 2.49. The molecule has 11 heavy (non-hydrogen) atoms. The molecule has 0 aromatic carbocycles. The summed E-state index contributed by atoms with van der Waals surface area (Å²) in [6.07, 6.45) is 2.11. The molecule has 1 aliphatic heterocycles. The first kappa shape index (κ1) is 8.53. The SMILES string of the molecule is CC1CCC(C)C(C(=O)O)N1. The van der Waals surface area contributed by atoms with Crippen molar-refractivity contribution < 1.29 is 9.90 Å². The van der Waals surface area contributed by atoms with Crippen LogP contribution in [0.15, 0.2) is 0 Å². The fraction of sp³-hybridized carbons (Fsp3) is 0.875. The summed E-state index contributed by atoms with van der Waals surface area (Å²) in [7, 11) is 0. The van der Waals surface area contributed by atoms with Gasteiger partial charge in [-0.25, -0.2) is 0 Å². The van der Waals surface area contributed by atoms with Crippen molar-refractivity contribution in [2.45, 2.75) is 38.8 Å².